The van der Waals surface area contributed by atoms with Gasteiger partial charge in [-0.05, 0) is 66.0 Å². The van der Waals surface area contributed by atoms with E-state index in [1.807, 2.05) is 0 Å². The molecule has 1 aliphatic heterocycles. The van der Waals surface area contributed by atoms with Crippen LogP contribution in [0.15, 0.2) is 73.1 Å². The Labute approximate surface area is 222 Å². The second-order valence-corrected chi connectivity index (χ2v) is 8.71. The number of nitrogens with zero attached hydrogens (tertiary/aromatic N) is 3. The lowest BCUT2D eigenvalue weighted by Gasteiger charge is -2.26. The number of nitrogens with one attached hydrogen (secondary N) is 1. The molecule has 2 aromatic heterocycles. The van der Waals surface area contributed by atoms with Crippen molar-refractivity contribution in [2.24, 2.45) is 0 Å². The molecular weight excluding hydrogens is 546 g/mol. The minimum atomic E-state index is -4.54. The van der Waals surface area contributed by atoms with Crippen LogP contribution in [0.1, 0.15) is 22.3 Å². The molecule has 0 radical (unpaired) electrons. The van der Waals surface area contributed by atoms with Gasteiger partial charge >= 0.3 is 12.4 Å². The van der Waals surface area contributed by atoms with Crippen molar-refractivity contribution in [2.75, 3.05) is 5.17 Å². The third-order valence-electron chi connectivity index (χ3n) is 6.03. The molecule has 0 aliphatic carbocycles. The monoisotopic (exact) mass is 565 g/mol. The normalized spacial score (nSPS) is 15.5. The topological polar surface area (TPSA) is 92.4 Å². The van der Waals surface area contributed by atoms with E-state index in [1.54, 1.807) is 12.1 Å². The summed E-state index contributed by atoms with van der Waals surface area (Å²) in [7, 11) is 0. The fourth-order valence-electron chi connectivity index (χ4n) is 4.05. The molecule has 208 valence electrons. The average molecular weight is 565 g/mol. The molecule has 0 saturated carbocycles. The van der Waals surface area contributed by atoms with Crippen LogP contribution in [-0.4, -0.2) is 20.4 Å². The number of aryl methyl sites for hydroxylation is 2. The molecule has 0 amide bonds. The molecule has 1 unspecified atom stereocenters. The Balaban J connectivity index is 1.35. The van der Waals surface area contributed by atoms with Crippen LogP contribution in [0.4, 0.5) is 37.7 Å². The summed E-state index contributed by atoms with van der Waals surface area (Å²) in [6.45, 7) is 0. The third-order valence-corrected chi connectivity index (χ3v) is 6.03. The highest BCUT2D eigenvalue weighted by Gasteiger charge is 2.32. The van der Waals surface area contributed by atoms with Gasteiger partial charge in [0.25, 0.3) is 0 Å². The number of aromatic nitrogens is 2. The Hall–Kier alpha value is -4.40. The minimum Gasteiger partial charge on any atom is -0.439 e. The number of ether oxygens (including phenoxy) is 2. The number of halogens is 6. The molecule has 4 aromatic rings. The maximum absolute atomic E-state index is 12.8. The first kappa shape index (κ1) is 27.2. The van der Waals surface area contributed by atoms with Gasteiger partial charge in [0, 0.05) is 36.2 Å². The van der Waals surface area contributed by atoms with Crippen LogP contribution in [0, 0.1) is 0 Å². The Morgan fingerprint density at radius 2 is 1.20 bits per heavy atom. The van der Waals surface area contributed by atoms with Crippen molar-refractivity contribution in [3.8, 4) is 23.3 Å². The van der Waals surface area contributed by atoms with Gasteiger partial charge in [-0.2, -0.15) is 31.5 Å². The van der Waals surface area contributed by atoms with Gasteiger partial charge in [-0.15, -0.1) is 0 Å². The van der Waals surface area contributed by atoms with Crippen LogP contribution < -0.4 is 19.8 Å². The molecule has 2 aromatic carbocycles. The van der Waals surface area contributed by atoms with E-state index >= 15 is 0 Å². The molecule has 3 N–H and O–H groups in total. The van der Waals surface area contributed by atoms with Gasteiger partial charge in [-0.1, -0.05) is 5.17 Å². The van der Waals surface area contributed by atoms with Crippen molar-refractivity contribution in [3.63, 3.8) is 0 Å². The summed E-state index contributed by atoms with van der Waals surface area (Å²) in [5.41, 5.74) is -0.185. The fourth-order valence-corrected chi connectivity index (χ4v) is 4.05. The van der Waals surface area contributed by atoms with Gasteiger partial charge in [0.1, 0.15) is 17.2 Å². The number of rotatable bonds is 4. The standard InChI is InChI=1S/C26H18F6N4O4/c27-25(28,29)17-3-9-23(33-13-17)39-19-5-7-21-15(11-19)1-2-16-12-20(6-8-22(16)36(38)35(21)37)40-24-10-4-18(14-34-24)26(30,31)32/h3-14,37-38H,1-2H2/p+1. The van der Waals surface area contributed by atoms with Crippen LogP contribution in [0.5, 0.6) is 23.3 Å². The summed E-state index contributed by atoms with van der Waals surface area (Å²) in [5.74, 6) is 0.345. The van der Waals surface area contributed by atoms with E-state index in [0.717, 1.165) is 24.3 Å². The van der Waals surface area contributed by atoms with E-state index < -0.39 is 28.7 Å². The number of fused-ring (bicyclic) bond motifs is 2. The van der Waals surface area contributed by atoms with E-state index in [4.69, 9.17) is 9.47 Å². The zero-order valence-corrected chi connectivity index (χ0v) is 20.2. The zero-order valence-electron chi connectivity index (χ0n) is 20.2. The van der Waals surface area contributed by atoms with Gasteiger partial charge in [-0.25, -0.2) is 15.2 Å². The zero-order chi connectivity index (χ0) is 28.7. The number of anilines is 1. The Bertz CT molecular complexity index is 1400. The molecule has 3 heterocycles. The molecular formula is C26H19F6N4O4+. The fraction of sp³-hybridized carbons (Fsp3) is 0.154. The Morgan fingerprint density at radius 3 is 1.70 bits per heavy atom. The minimum absolute atomic E-state index is 0.0696. The average Bonchev–Trinajstić information content (AvgIpc) is 2.90. The number of hydrogen-bond donors (Lipinski definition) is 3. The summed E-state index contributed by atoms with van der Waals surface area (Å²) >= 11 is 0. The quantitative estimate of drug-likeness (QED) is 0.265. The van der Waals surface area contributed by atoms with E-state index in [-0.39, 0.29) is 28.9 Å². The molecule has 1 atom stereocenters. The summed E-state index contributed by atoms with van der Waals surface area (Å²) < 4.78 is 87.9. The largest absolute Gasteiger partial charge is 0.439 e. The van der Waals surface area contributed by atoms with Crippen molar-refractivity contribution in [2.45, 2.75) is 25.2 Å². The number of alkyl halides is 6. The Kier molecular flexibility index (Phi) is 6.99. The SMILES string of the molecule is ON1c2ccc(Oc3ccc(C(F)(F)F)cn3)cc2CCc2cc(Oc3ccc(C(F)(F)F)cn3)ccc2[NH+]1O. The number of quaternary nitrogens is 1. The molecule has 0 fully saturated rings. The summed E-state index contributed by atoms with van der Waals surface area (Å²) in [4.78, 5) is 7.37. The second-order valence-electron chi connectivity index (χ2n) is 8.71. The second kappa shape index (κ2) is 10.3. The first-order chi connectivity index (χ1) is 18.9. The first-order valence-electron chi connectivity index (χ1n) is 11.6. The van der Waals surface area contributed by atoms with Crippen molar-refractivity contribution >= 4 is 11.4 Å². The lowest BCUT2D eigenvalue weighted by molar-refractivity contribution is -1.06. The molecule has 40 heavy (non-hydrogen) atoms. The molecule has 0 saturated heterocycles. The molecule has 14 heteroatoms. The maximum Gasteiger partial charge on any atom is 0.417 e. The third kappa shape index (κ3) is 5.78. The summed E-state index contributed by atoms with van der Waals surface area (Å²) in [5, 5.41) is 21.6. The highest BCUT2D eigenvalue weighted by molar-refractivity contribution is 5.56. The molecule has 1 aliphatic rings. The van der Waals surface area contributed by atoms with E-state index in [0.29, 0.717) is 47.2 Å². The predicted molar refractivity (Wildman–Crippen MR) is 126 cm³/mol. The number of benzene rings is 2. The lowest BCUT2D eigenvalue weighted by atomic mass is 10.00. The number of pyridine rings is 2. The van der Waals surface area contributed by atoms with Crippen molar-refractivity contribution in [3.05, 3.63) is 95.3 Å². The van der Waals surface area contributed by atoms with Crippen molar-refractivity contribution in [1.82, 2.24) is 9.97 Å². The van der Waals surface area contributed by atoms with Gasteiger partial charge in [-0.3, -0.25) is 0 Å². The molecule has 0 spiro atoms. The smallest absolute Gasteiger partial charge is 0.417 e. The van der Waals surface area contributed by atoms with Crippen LogP contribution in [0.2, 0.25) is 0 Å². The van der Waals surface area contributed by atoms with Crippen molar-refractivity contribution in [1.29, 1.82) is 0 Å². The Morgan fingerprint density at radius 1 is 0.700 bits per heavy atom. The number of hydrogen-bond acceptors (Lipinski definition) is 7. The van der Waals surface area contributed by atoms with Gasteiger partial charge < -0.3 is 9.47 Å². The van der Waals surface area contributed by atoms with Gasteiger partial charge in [0.05, 0.1) is 11.1 Å². The van der Waals surface area contributed by atoms with Gasteiger partial charge in [0.15, 0.2) is 5.69 Å². The molecule has 0 bridgehead atoms. The first-order valence-corrected chi connectivity index (χ1v) is 11.6. The van der Waals surface area contributed by atoms with E-state index in [2.05, 4.69) is 9.97 Å². The molecule has 5 rings (SSSR count). The summed E-state index contributed by atoms with van der Waals surface area (Å²) in [6.07, 6.45) is -7.07. The van der Waals surface area contributed by atoms with Crippen LogP contribution in [-0.2, 0) is 25.2 Å². The van der Waals surface area contributed by atoms with E-state index in [1.165, 1.54) is 24.3 Å². The van der Waals surface area contributed by atoms with Crippen LogP contribution >= 0.6 is 0 Å². The van der Waals surface area contributed by atoms with Crippen molar-refractivity contribution < 1.29 is 51.4 Å². The maximum atomic E-state index is 12.8. The van der Waals surface area contributed by atoms with Crippen LogP contribution in [0.3, 0.4) is 0 Å². The van der Waals surface area contributed by atoms with Gasteiger partial charge in [0.2, 0.25) is 11.8 Å². The van der Waals surface area contributed by atoms with E-state index in [9.17, 15) is 36.8 Å². The molecule has 8 nitrogen and oxygen atoms in total. The lowest BCUT2D eigenvalue weighted by Crippen LogP contribution is -3.12. The predicted octanol–water partition coefficient (Wildman–Crippen LogP) is 5.91. The highest BCUT2D eigenvalue weighted by Crippen LogP contribution is 2.34. The highest BCUT2D eigenvalue weighted by atomic mass is 19.4. The van der Waals surface area contributed by atoms with Crippen LogP contribution in [0.25, 0.3) is 0 Å². The summed E-state index contributed by atoms with van der Waals surface area (Å²) in [6, 6.07) is 12.9.